The Morgan fingerprint density at radius 2 is 0.909 bits per heavy atom. The van der Waals surface area contributed by atoms with Gasteiger partial charge in [-0.2, -0.15) is 0 Å². The lowest BCUT2D eigenvalue weighted by Crippen LogP contribution is -2.50. The molecule has 0 aliphatic carbocycles. The van der Waals surface area contributed by atoms with E-state index in [0.717, 1.165) is 118 Å². The summed E-state index contributed by atoms with van der Waals surface area (Å²) < 4.78 is 0. The number of nitrogens with one attached hydrogen (secondary N) is 2. The maximum atomic E-state index is 12.4. The van der Waals surface area contributed by atoms with E-state index in [0.29, 0.717) is 24.2 Å². The SMILES string of the molecule is NCCN1CCN(CCN2CCNC2=O)CC1.O=C1NCCN1CCN1CCN(CCN2C(=O)c3ccccc3C2=O)CC1. The quantitative estimate of drug-likeness (QED) is 0.255. The fourth-order valence-electron chi connectivity index (χ4n) is 6.31. The molecule has 0 atom stereocenters. The van der Waals surface area contributed by atoms with Gasteiger partial charge in [-0.05, 0) is 12.1 Å². The molecule has 0 aromatic heterocycles. The van der Waals surface area contributed by atoms with Crippen molar-refractivity contribution in [3.05, 3.63) is 35.4 Å². The molecule has 6 rings (SSSR count). The number of imide groups is 1. The number of carbonyl (C=O) groups is 4. The van der Waals surface area contributed by atoms with Gasteiger partial charge in [0.05, 0.1) is 11.1 Å². The number of fused-ring (bicyclic) bond motifs is 1. The number of amides is 6. The number of urea groups is 2. The zero-order chi connectivity index (χ0) is 30.9. The van der Waals surface area contributed by atoms with E-state index in [1.807, 2.05) is 9.80 Å². The Labute approximate surface area is 260 Å². The Balaban J connectivity index is 0.000000195. The van der Waals surface area contributed by atoms with Crippen LogP contribution in [0.3, 0.4) is 0 Å². The molecule has 0 spiro atoms. The van der Waals surface area contributed by atoms with Crippen molar-refractivity contribution in [2.24, 2.45) is 5.73 Å². The number of rotatable bonds is 11. The van der Waals surface area contributed by atoms with E-state index in [4.69, 9.17) is 5.73 Å². The van der Waals surface area contributed by atoms with Crippen LogP contribution in [0.2, 0.25) is 0 Å². The molecule has 0 bridgehead atoms. The van der Waals surface area contributed by atoms with Crippen molar-refractivity contribution < 1.29 is 19.2 Å². The third kappa shape index (κ3) is 8.24. The van der Waals surface area contributed by atoms with Gasteiger partial charge in [-0.3, -0.25) is 34.1 Å². The van der Waals surface area contributed by atoms with Crippen LogP contribution in [-0.2, 0) is 0 Å². The Morgan fingerprint density at radius 1 is 0.523 bits per heavy atom. The van der Waals surface area contributed by atoms with Gasteiger partial charge in [0.25, 0.3) is 11.8 Å². The summed E-state index contributed by atoms with van der Waals surface area (Å²) in [6.45, 7) is 17.6. The molecule has 4 N–H and O–H groups in total. The van der Waals surface area contributed by atoms with Crippen molar-refractivity contribution >= 4 is 23.9 Å². The minimum atomic E-state index is -0.182. The number of hydrogen-bond donors (Lipinski definition) is 3. The second-order valence-corrected chi connectivity index (χ2v) is 11.9. The number of carbonyl (C=O) groups excluding carboxylic acids is 4. The maximum absolute atomic E-state index is 12.4. The molecule has 0 saturated carbocycles. The summed E-state index contributed by atoms with van der Waals surface area (Å²) in [7, 11) is 0. The van der Waals surface area contributed by atoms with Crippen LogP contribution < -0.4 is 16.4 Å². The van der Waals surface area contributed by atoms with Crippen molar-refractivity contribution in [3.8, 4) is 0 Å². The topological polar surface area (TPSA) is 141 Å². The summed E-state index contributed by atoms with van der Waals surface area (Å²) in [6, 6.07) is 7.14. The molecule has 0 radical (unpaired) electrons. The van der Waals surface area contributed by atoms with Crippen molar-refractivity contribution in [1.29, 1.82) is 0 Å². The fraction of sp³-hybridized carbons (Fsp3) is 0.667. The summed E-state index contributed by atoms with van der Waals surface area (Å²) in [5.41, 5.74) is 6.57. The van der Waals surface area contributed by atoms with Crippen molar-refractivity contribution in [3.63, 3.8) is 0 Å². The first-order chi connectivity index (χ1) is 21.4. The van der Waals surface area contributed by atoms with Gasteiger partial charge in [0.15, 0.2) is 0 Å². The Kier molecular flexibility index (Phi) is 11.4. The van der Waals surface area contributed by atoms with Crippen molar-refractivity contribution in [2.75, 3.05) is 131 Å². The van der Waals surface area contributed by atoms with Gasteiger partial charge in [0.2, 0.25) is 0 Å². The van der Waals surface area contributed by atoms with E-state index in [-0.39, 0.29) is 23.9 Å². The van der Waals surface area contributed by atoms with Gasteiger partial charge >= 0.3 is 12.1 Å². The van der Waals surface area contributed by atoms with E-state index in [1.54, 1.807) is 24.3 Å². The molecule has 4 saturated heterocycles. The summed E-state index contributed by atoms with van der Waals surface area (Å²) in [4.78, 5) is 62.4. The average molecular weight is 613 g/mol. The molecule has 14 heteroatoms. The van der Waals surface area contributed by atoms with Crippen LogP contribution in [0, 0.1) is 0 Å². The molecule has 14 nitrogen and oxygen atoms in total. The van der Waals surface area contributed by atoms with Gasteiger partial charge in [0.1, 0.15) is 0 Å². The molecule has 5 aliphatic rings. The largest absolute Gasteiger partial charge is 0.336 e. The maximum Gasteiger partial charge on any atom is 0.317 e. The Bertz CT molecular complexity index is 1120. The zero-order valence-corrected chi connectivity index (χ0v) is 25.8. The first-order valence-corrected chi connectivity index (χ1v) is 16.0. The van der Waals surface area contributed by atoms with Gasteiger partial charge in [-0.1, -0.05) is 12.1 Å². The highest BCUT2D eigenvalue weighted by atomic mass is 16.2. The normalized spacial score (nSPS) is 21.9. The van der Waals surface area contributed by atoms with Gasteiger partial charge in [-0.25, -0.2) is 9.59 Å². The zero-order valence-electron chi connectivity index (χ0n) is 25.8. The number of nitrogens with two attached hydrogens (primary N) is 1. The summed E-state index contributed by atoms with van der Waals surface area (Å²) in [5.74, 6) is -0.365. The number of nitrogens with zero attached hydrogens (tertiary/aromatic N) is 7. The molecule has 6 amide bonds. The summed E-state index contributed by atoms with van der Waals surface area (Å²) >= 11 is 0. The second-order valence-electron chi connectivity index (χ2n) is 11.9. The van der Waals surface area contributed by atoms with E-state index in [1.165, 1.54) is 4.90 Å². The summed E-state index contributed by atoms with van der Waals surface area (Å²) in [5, 5.41) is 5.65. The first-order valence-electron chi connectivity index (χ1n) is 16.0. The van der Waals surface area contributed by atoms with Gasteiger partial charge in [-0.15, -0.1) is 0 Å². The molecule has 242 valence electrons. The molecule has 1 aromatic carbocycles. The van der Waals surface area contributed by atoms with Gasteiger partial charge < -0.3 is 26.2 Å². The lowest BCUT2D eigenvalue weighted by molar-refractivity contribution is 0.0612. The van der Waals surface area contributed by atoms with Gasteiger partial charge in [0, 0.05) is 131 Å². The molecule has 1 aromatic rings. The second kappa shape index (κ2) is 15.6. The first kappa shape index (κ1) is 32.1. The molecule has 44 heavy (non-hydrogen) atoms. The van der Waals surface area contributed by atoms with Crippen LogP contribution in [0.25, 0.3) is 0 Å². The standard InChI is InChI=1S/C19H25N5O3.C11H23N5O/c25-17-15-3-1-2-4-16(15)18(26)24(17)14-12-22-9-7-21(8-10-22)11-13-23-6-5-20-19(23)27;12-1-3-14-5-7-15(8-6-14)9-10-16-4-2-13-11(16)17/h1-4H,5-14H2,(H,20,27);1-10,12H2,(H,13,17). The molecule has 5 aliphatic heterocycles. The van der Waals surface area contributed by atoms with E-state index >= 15 is 0 Å². The van der Waals surface area contributed by atoms with Crippen LogP contribution in [-0.4, -0.2) is 189 Å². The monoisotopic (exact) mass is 612 g/mol. The molecule has 4 fully saturated rings. The Hall–Kier alpha value is -3.30. The number of hydrogen-bond acceptors (Lipinski definition) is 9. The van der Waals surface area contributed by atoms with Crippen LogP contribution in [0.1, 0.15) is 20.7 Å². The highest BCUT2D eigenvalue weighted by Crippen LogP contribution is 2.22. The number of benzene rings is 1. The predicted molar refractivity (Wildman–Crippen MR) is 167 cm³/mol. The highest BCUT2D eigenvalue weighted by molar-refractivity contribution is 6.21. The third-order valence-corrected chi connectivity index (χ3v) is 9.16. The lowest BCUT2D eigenvalue weighted by atomic mass is 10.1. The minimum absolute atomic E-state index is 0.0366. The van der Waals surface area contributed by atoms with Crippen LogP contribution in [0.15, 0.2) is 24.3 Å². The van der Waals surface area contributed by atoms with E-state index in [2.05, 4.69) is 30.2 Å². The molecular formula is C30H48N10O4. The smallest absolute Gasteiger partial charge is 0.317 e. The Morgan fingerprint density at radius 3 is 1.27 bits per heavy atom. The predicted octanol–water partition coefficient (Wildman–Crippen LogP) is -1.49. The van der Waals surface area contributed by atoms with E-state index in [9.17, 15) is 19.2 Å². The van der Waals surface area contributed by atoms with Crippen LogP contribution in [0.5, 0.6) is 0 Å². The van der Waals surface area contributed by atoms with Crippen LogP contribution in [0.4, 0.5) is 9.59 Å². The molecular weight excluding hydrogens is 564 g/mol. The van der Waals surface area contributed by atoms with Crippen molar-refractivity contribution in [2.45, 2.75) is 0 Å². The minimum Gasteiger partial charge on any atom is -0.336 e. The van der Waals surface area contributed by atoms with E-state index < -0.39 is 0 Å². The van der Waals surface area contributed by atoms with Crippen LogP contribution >= 0.6 is 0 Å². The average Bonchev–Trinajstić information content (AvgIpc) is 3.73. The molecule has 5 heterocycles. The highest BCUT2D eigenvalue weighted by Gasteiger charge is 2.35. The van der Waals surface area contributed by atoms with Crippen molar-refractivity contribution in [1.82, 2.24) is 44.9 Å². The fourth-order valence-corrected chi connectivity index (χ4v) is 6.31. The summed E-state index contributed by atoms with van der Waals surface area (Å²) in [6.07, 6.45) is 0. The molecule has 0 unspecified atom stereocenters. The third-order valence-electron chi connectivity index (χ3n) is 9.16. The number of piperazine rings is 2. The lowest BCUT2D eigenvalue weighted by Gasteiger charge is -2.35.